The molecule has 1 heterocycles. The number of carbonyl (C=O) groups is 1. The number of rotatable bonds is 5. The topological polar surface area (TPSA) is 74.4 Å². The van der Waals surface area contributed by atoms with Crippen molar-refractivity contribution in [2.75, 3.05) is 12.8 Å². The number of nitrogen functional groups attached to an aromatic ring is 1. The molecule has 2 N–H and O–H groups in total. The summed E-state index contributed by atoms with van der Waals surface area (Å²) in [5, 5.41) is 0. The quantitative estimate of drug-likeness (QED) is 0.370. The van der Waals surface area contributed by atoms with Gasteiger partial charge >= 0.3 is 5.97 Å². The Hall–Kier alpha value is -3.18. The summed E-state index contributed by atoms with van der Waals surface area (Å²) in [6.07, 6.45) is -0.914. The van der Waals surface area contributed by atoms with Crippen LogP contribution in [0.3, 0.4) is 0 Å². The van der Waals surface area contributed by atoms with Gasteiger partial charge in [0.2, 0.25) is 0 Å². The second-order valence-corrected chi connectivity index (χ2v) is 9.51. The number of nitrogens with two attached hydrogens (primary N) is 1. The Labute approximate surface area is 197 Å². The monoisotopic (exact) mass is 446 g/mol. The van der Waals surface area contributed by atoms with Crippen LogP contribution < -0.4 is 5.73 Å². The number of hydrogen-bond donors (Lipinski definition) is 1. The maximum Gasteiger partial charge on any atom is 0.339 e. The zero-order chi connectivity index (χ0) is 24.5. The number of methoxy groups -OCH3 is 1. The maximum absolute atomic E-state index is 12.9. The Kier molecular flexibility index (Phi) is 6.94. The van der Waals surface area contributed by atoms with Gasteiger partial charge in [-0.05, 0) is 94.5 Å². The predicted octanol–water partition coefficient (Wildman–Crippen LogP) is 6.26. The lowest BCUT2D eigenvalue weighted by atomic mass is 9.88. The minimum atomic E-state index is -0.914. The van der Waals surface area contributed by atoms with Crippen LogP contribution in [0, 0.1) is 27.7 Å². The van der Waals surface area contributed by atoms with Gasteiger partial charge in [0.1, 0.15) is 0 Å². The Morgan fingerprint density at radius 1 is 0.939 bits per heavy atom. The average molecular weight is 447 g/mol. The molecule has 0 unspecified atom stereocenters. The van der Waals surface area contributed by atoms with Gasteiger partial charge in [-0.25, -0.2) is 4.79 Å². The Balaban J connectivity index is 2.37. The van der Waals surface area contributed by atoms with Gasteiger partial charge in [-0.3, -0.25) is 4.98 Å². The standard InChI is InChI=1S/C28H34N2O3/c1-16-9-10-21(15-17(16)2)25-18(3)23(20-11-13-22(29)14-12-20)24(19(4)30-25)26(27(31)32-8)33-28(5,6)7/h9-15,26H,29H2,1-8H3/t26-/m0/s1. The smallest absolute Gasteiger partial charge is 0.339 e. The first-order valence-electron chi connectivity index (χ1n) is 11.1. The molecule has 3 aromatic rings. The number of anilines is 1. The van der Waals surface area contributed by atoms with Crippen LogP contribution in [0.25, 0.3) is 22.4 Å². The summed E-state index contributed by atoms with van der Waals surface area (Å²) >= 11 is 0. The lowest BCUT2D eigenvalue weighted by molar-refractivity contribution is -0.164. The average Bonchev–Trinajstić information content (AvgIpc) is 2.75. The van der Waals surface area contributed by atoms with Crippen LogP contribution in [0.4, 0.5) is 5.69 Å². The van der Waals surface area contributed by atoms with E-state index in [1.54, 1.807) is 0 Å². The van der Waals surface area contributed by atoms with E-state index in [1.807, 2.05) is 58.9 Å². The van der Waals surface area contributed by atoms with E-state index in [4.69, 9.17) is 20.2 Å². The van der Waals surface area contributed by atoms with Gasteiger partial charge in [0, 0.05) is 22.5 Å². The number of ether oxygens (including phenoxy) is 2. The van der Waals surface area contributed by atoms with Crippen molar-refractivity contribution in [2.24, 2.45) is 0 Å². The van der Waals surface area contributed by atoms with E-state index in [0.29, 0.717) is 11.3 Å². The first-order valence-corrected chi connectivity index (χ1v) is 11.1. The molecule has 1 aromatic heterocycles. The SMILES string of the molecule is COC(=O)[C@@H](OC(C)(C)C)c1c(C)nc(-c2ccc(C)c(C)c2)c(C)c1-c1ccc(N)cc1. The van der Waals surface area contributed by atoms with Crippen molar-refractivity contribution in [1.29, 1.82) is 0 Å². The molecule has 33 heavy (non-hydrogen) atoms. The number of esters is 1. The molecule has 1 atom stereocenters. The number of pyridine rings is 1. The number of benzene rings is 2. The molecule has 0 bridgehead atoms. The summed E-state index contributed by atoms with van der Waals surface area (Å²) in [5.74, 6) is -0.454. The van der Waals surface area contributed by atoms with Crippen molar-refractivity contribution in [3.63, 3.8) is 0 Å². The fourth-order valence-electron chi connectivity index (χ4n) is 4.01. The molecule has 0 saturated carbocycles. The van der Waals surface area contributed by atoms with Gasteiger partial charge in [-0.15, -0.1) is 0 Å². The molecule has 174 valence electrons. The second kappa shape index (κ2) is 9.36. The van der Waals surface area contributed by atoms with Crippen molar-refractivity contribution in [3.05, 3.63) is 70.4 Å². The fraction of sp³-hybridized carbons (Fsp3) is 0.357. The summed E-state index contributed by atoms with van der Waals surface area (Å²) in [7, 11) is 1.38. The molecule has 0 spiro atoms. The van der Waals surface area contributed by atoms with Gasteiger partial charge in [0.25, 0.3) is 0 Å². The van der Waals surface area contributed by atoms with E-state index < -0.39 is 17.7 Å². The summed E-state index contributed by atoms with van der Waals surface area (Å²) in [5.41, 5.74) is 14.7. The molecule has 5 nitrogen and oxygen atoms in total. The number of aryl methyl sites for hydroxylation is 3. The summed E-state index contributed by atoms with van der Waals surface area (Å²) in [6, 6.07) is 14.0. The van der Waals surface area contributed by atoms with Gasteiger partial charge in [-0.2, -0.15) is 0 Å². The number of hydrogen-bond acceptors (Lipinski definition) is 5. The highest BCUT2D eigenvalue weighted by Crippen LogP contribution is 2.41. The third kappa shape index (κ3) is 5.25. The van der Waals surface area contributed by atoms with Crippen molar-refractivity contribution < 1.29 is 14.3 Å². The molecule has 0 saturated heterocycles. The lowest BCUT2D eigenvalue weighted by Gasteiger charge is -2.29. The third-order valence-corrected chi connectivity index (χ3v) is 5.80. The van der Waals surface area contributed by atoms with Crippen LogP contribution in [0.5, 0.6) is 0 Å². The van der Waals surface area contributed by atoms with Crippen LogP contribution in [-0.4, -0.2) is 23.7 Å². The number of nitrogens with zero attached hydrogens (tertiary/aromatic N) is 1. The molecule has 2 aromatic carbocycles. The molecule has 0 aliphatic carbocycles. The summed E-state index contributed by atoms with van der Waals surface area (Å²) in [4.78, 5) is 17.9. The molecule has 5 heteroatoms. The first-order chi connectivity index (χ1) is 15.4. The molecule has 0 amide bonds. The van der Waals surface area contributed by atoms with Gasteiger partial charge in [-0.1, -0.05) is 24.3 Å². The predicted molar refractivity (Wildman–Crippen MR) is 134 cm³/mol. The minimum absolute atomic E-state index is 0.454. The molecule has 0 fully saturated rings. The van der Waals surface area contributed by atoms with E-state index in [1.165, 1.54) is 18.2 Å². The highest BCUT2D eigenvalue weighted by atomic mass is 16.6. The zero-order valence-electron chi connectivity index (χ0n) is 20.9. The molecular weight excluding hydrogens is 412 g/mol. The van der Waals surface area contributed by atoms with Crippen LogP contribution in [0.2, 0.25) is 0 Å². The van der Waals surface area contributed by atoms with Crippen molar-refractivity contribution in [3.8, 4) is 22.4 Å². The highest BCUT2D eigenvalue weighted by molar-refractivity contribution is 5.86. The Bertz CT molecular complexity index is 1180. The number of aromatic nitrogens is 1. The van der Waals surface area contributed by atoms with E-state index in [-0.39, 0.29) is 0 Å². The molecule has 0 radical (unpaired) electrons. The van der Waals surface area contributed by atoms with Crippen LogP contribution in [0.15, 0.2) is 42.5 Å². The van der Waals surface area contributed by atoms with Gasteiger partial charge in [0.15, 0.2) is 6.10 Å². The highest BCUT2D eigenvalue weighted by Gasteiger charge is 2.33. The maximum atomic E-state index is 12.9. The molecule has 3 rings (SSSR count). The molecule has 0 aliphatic heterocycles. The van der Waals surface area contributed by atoms with Crippen LogP contribution in [0.1, 0.15) is 54.8 Å². The van der Waals surface area contributed by atoms with E-state index in [2.05, 4.69) is 32.0 Å². The summed E-state index contributed by atoms with van der Waals surface area (Å²) in [6.45, 7) is 13.9. The Morgan fingerprint density at radius 3 is 2.09 bits per heavy atom. The van der Waals surface area contributed by atoms with E-state index >= 15 is 0 Å². The summed E-state index contributed by atoms with van der Waals surface area (Å²) < 4.78 is 11.4. The van der Waals surface area contributed by atoms with Crippen LogP contribution >= 0.6 is 0 Å². The van der Waals surface area contributed by atoms with Crippen molar-refractivity contribution in [1.82, 2.24) is 4.98 Å². The van der Waals surface area contributed by atoms with E-state index in [0.717, 1.165) is 33.6 Å². The Morgan fingerprint density at radius 2 is 1.55 bits per heavy atom. The largest absolute Gasteiger partial charge is 0.467 e. The van der Waals surface area contributed by atoms with Crippen molar-refractivity contribution >= 4 is 11.7 Å². The van der Waals surface area contributed by atoms with E-state index in [9.17, 15) is 4.79 Å². The molecule has 0 aliphatic rings. The second-order valence-electron chi connectivity index (χ2n) is 9.51. The lowest BCUT2D eigenvalue weighted by Crippen LogP contribution is -2.29. The zero-order valence-corrected chi connectivity index (χ0v) is 20.9. The third-order valence-electron chi connectivity index (χ3n) is 5.80. The van der Waals surface area contributed by atoms with Crippen molar-refractivity contribution in [2.45, 2.75) is 60.2 Å². The number of carbonyl (C=O) groups excluding carboxylic acids is 1. The van der Waals surface area contributed by atoms with Gasteiger partial charge in [0.05, 0.1) is 18.4 Å². The van der Waals surface area contributed by atoms with Gasteiger partial charge < -0.3 is 15.2 Å². The first kappa shape index (κ1) is 24.5. The fourth-order valence-corrected chi connectivity index (χ4v) is 4.01. The molecular formula is C28H34N2O3. The minimum Gasteiger partial charge on any atom is -0.467 e. The normalized spacial score (nSPS) is 12.5. The van der Waals surface area contributed by atoms with Crippen LogP contribution in [-0.2, 0) is 14.3 Å².